The predicted molar refractivity (Wildman–Crippen MR) is 47.0 cm³/mol. The van der Waals surface area contributed by atoms with Crippen LogP contribution in [-0.4, -0.2) is 12.6 Å². The van der Waals surface area contributed by atoms with Gasteiger partial charge in [-0.15, -0.1) is 11.3 Å². The highest BCUT2D eigenvalue weighted by molar-refractivity contribution is 7.11. The Morgan fingerprint density at radius 2 is 2.45 bits per heavy atom. The van der Waals surface area contributed by atoms with E-state index < -0.39 is 0 Å². The normalized spacial score (nSPS) is 8.45. The van der Waals surface area contributed by atoms with Crippen molar-refractivity contribution in [1.82, 2.24) is 0 Å². The molecule has 0 unspecified atom stereocenters. The van der Waals surface area contributed by atoms with Crippen molar-refractivity contribution >= 4 is 17.3 Å². The third kappa shape index (κ3) is 2.72. The van der Waals surface area contributed by atoms with Crippen molar-refractivity contribution in [2.75, 3.05) is 6.61 Å². The second-order valence-electron chi connectivity index (χ2n) is 1.70. The number of rotatable bonds is 2. The first kappa shape index (κ1) is 10.2. The summed E-state index contributed by atoms with van der Waals surface area (Å²) in [6, 6.07) is 3.58. The molecule has 2 nitrogen and oxygen atoms in total. The van der Waals surface area contributed by atoms with Crippen LogP contribution in [0.15, 0.2) is 17.5 Å². The molecule has 62 valence electrons. The molecule has 1 rings (SSSR count). The summed E-state index contributed by atoms with van der Waals surface area (Å²) in [5, 5.41) is 1.85. The fraction of sp³-hybridized carbons (Fsp3) is 0.375. The Balaban J connectivity index is 0.000001000. The lowest BCUT2D eigenvalue weighted by Gasteiger charge is -1.95. The van der Waals surface area contributed by atoms with Gasteiger partial charge in [0.25, 0.3) is 0 Å². The molecule has 0 amide bonds. The Labute approximate surface area is 70.8 Å². The summed E-state index contributed by atoms with van der Waals surface area (Å²) in [5.74, 6) is -0.225. The molecule has 0 fully saturated rings. The summed E-state index contributed by atoms with van der Waals surface area (Å²) in [6.45, 7) is 2.24. The predicted octanol–water partition coefficient (Wildman–Crippen LogP) is 2.56. The molecule has 1 heterocycles. The highest BCUT2D eigenvalue weighted by Crippen LogP contribution is 2.09. The molecule has 1 aromatic heterocycles. The molecule has 0 aromatic carbocycles. The third-order valence-corrected chi connectivity index (χ3v) is 1.85. The van der Waals surface area contributed by atoms with Gasteiger partial charge in [-0.05, 0) is 18.4 Å². The number of hydrogen-bond donors (Lipinski definition) is 0. The zero-order chi connectivity index (χ0) is 7.40. The van der Waals surface area contributed by atoms with Gasteiger partial charge in [0.05, 0.1) is 6.61 Å². The van der Waals surface area contributed by atoms with Crippen molar-refractivity contribution in [2.45, 2.75) is 14.4 Å². The molecule has 11 heavy (non-hydrogen) atoms. The summed E-state index contributed by atoms with van der Waals surface area (Å²) < 4.78 is 4.76. The maximum atomic E-state index is 10.9. The quantitative estimate of drug-likeness (QED) is 0.641. The fourth-order valence-electron chi connectivity index (χ4n) is 0.597. The smallest absolute Gasteiger partial charge is 0.348 e. The number of carbonyl (C=O) groups excluding carboxylic acids is 1. The maximum absolute atomic E-state index is 10.9. The molecule has 0 saturated heterocycles. The van der Waals surface area contributed by atoms with Gasteiger partial charge in [0.1, 0.15) is 4.88 Å². The molecular weight excluding hydrogens is 160 g/mol. The van der Waals surface area contributed by atoms with E-state index in [4.69, 9.17) is 4.74 Å². The highest BCUT2D eigenvalue weighted by atomic mass is 32.1. The van der Waals surface area contributed by atoms with E-state index in [2.05, 4.69) is 0 Å². The van der Waals surface area contributed by atoms with Crippen LogP contribution in [0, 0.1) is 0 Å². The van der Waals surface area contributed by atoms with Gasteiger partial charge in [-0.2, -0.15) is 0 Å². The van der Waals surface area contributed by atoms with Crippen LogP contribution in [0.4, 0.5) is 0 Å². The SMILES string of the molecule is C.CCOC(=O)c1cccs1. The molecule has 0 aliphatic rings. The van der Waals surface area contributed by atoms with E-state index in [0.29, 0.717) is 11.5 Å². The summed E-state index contributed by atoms with van der Waals surface area (Å²) in [4.78, 5) is 11.6. The molecule has 0 saturated carbocycles. The Bertz CT molecular complexity index is 204. The van der Waals surface area contributed by atoms with Gasteiger partial charge >= 0.3 is 5.97 Å². The molecule has 0 N–H and O–H groups in total. The van der Waals surface area contributed by atoms with Crippen LogP contribution in [0.2, 0.25) is 0 Å². The van der Waals surface area contributed by atoms with Gasteiger partial charge in [-0.3, -0.25) is 0 Å². The van der Waals surface area contributed by atoms with Gasteiger partial charge in [-0.25, -0.2) is 4.79 Å². The lowest BCUT2D eigenvalue weighted by Crippen LogP contribution is -2.01. The largest absolute Gasteiger partial charge is 0.462 e. The van der Waals surface area contributed by atoms with Crippen LogP contribution in [0.25, 0.3) is 0 Å². The van der Waals surface area contributed by atoms with Crippen LogP contribution in [0.1, 0.15) is 24.0 Å². The van der Waals surface area contributed by atoms with Crippen LogP contribution < -0.4 is 0 Å². The number of esters is 1. The second-order valence-corrected chi connectivity index (χ2v) is 2.65. The average molecular weight is 172 g/mol. The van der Waals surface area contributed by atoms with E-state index in [1.807, 2.05) is 11.4 Å². The minimum atomic E-state index is -0.225. The van der Waals surface area contributed by atoms with Gasteiger partial charge < -0.3 is 4.74 Å². The topological polar surface area (TPSA) is 26.3 Å². The van der Waals surface area contributed by atoms with Crippen molar-refractivity contribution in [3.63, 3.8) is 0 Å². The standard InChI is InChI=1S/C7H8O2S.CH4/c1-2-9-7(8)6-4-3-5-10-6;/h3-5H,2H2,1H3;1H4. The zero-order valence-electron chi connectivity index (χ0n) is 5.66. The summed E-state index contributed by atoms with van der Waals surface area (Å²) >= 11 is 1.40. The number of carbonyl (C=O) groups is 1. The second kappa shape index (κ2) is 4.91. The number of thiophene rings is 1. The molecule has 0 aliphatic carbocycles. The molecule has 0 bridgehead atoms. The van der Waals surface area contributed by atoms with Crippen molar-refractivity contribution in [3.05, 3.63) is 22.4 Å². The molecule has 3 heteroatoms. The first-order valence-corrected chi connectivity index (χ1v) is 3.93. The third-order valence-electron chi connectivity index (χ3n) is 0.998. The van der Waals surface area contributed by atoms with E-state index in [0.717, 1.165) is 0 Å². The fourth-order valence-corrected chi connectivity index (χ4v) is 1.21. The lowest BCUT2D eigenvalue weighted by atomic mass is 10.5. The molecular formula is C8H12O2S. The molecule has 0 spiro atoms. The van der Waals surface area contributed by atoms with Crippen LogP contribution in [-0.2, 0) is 4.74 Å². The average Bonchev–Trinajstić information content (AvgIpc) is 2.38. The Hall–Kier alpha value is -0.830. The van der Waals surface area contributed by atoms with E-state index in [1.165, 1.54) is 11.3 Å². The zero-order valence-corrected chi connectivity index (χ0v) is 6.48. The molecule has 0 aliphatic heterocycles. The highest BCUT2D eigenvalue weighted by Gasteiger charge is 2.04. The van der Waals surface area contributed by atoms with E-state index in [9.17, 15) is 4.79 Å². The van der Waals surface area contributed by atoms with Gasteiger partial charge in [0.15, 0.2) is 0 Å². The van der Waals surface area contributed by atoms with Gasteiger partial charge in [-0.1, -0.05) is 13.5 Å². The lowest BCUT2D eigenvalue weighted by molar-refractivity contribution is 0.0532. The Morgan fingerprint density at radius 1 is 1.73 bits per heavy atom. The van der Waals surface area contributed by atoms with Crippen LogP contribution in [0.3, 0.4) is 0 Å². The molecule has 0 radical (unpaired) electrons. The van der Waals surface area contributed by atoms with E-state index in [-0.39, 0.29) is 13.4 Å². The summed E-state index contributed by atoms with van der Waals surface area (Å²) in [5.41, 5.74) is 0. The van der Waals surface area contributed by atoms with Crippen molar-refractivity contribution in [3.8, 4) is 0 Å². The van der Waals surface area contributed by atoms with Crippen molar-refractivity contribution < 1.29 is 9.53 Å². The van der Waals surface area contributed by atoms with Crippen molar-refractivity contribution in [2.24, 2.45) is 0 Å². The Kier molecular flexibility index (Phi) is 4.54. The minimum Gasteiger partial charge on any atom is -0.462 e. The van der Waals surface area contributed by atoms with Gasteiger partial charge in [0, 0.05) is 0 Å². The molecule has 1 aromatic rings. The summed E-state index contributed by atoms with van der Waals surface area (Å²) in [6.07, 6.45) is 0. The Morgan fingerprint density at radius 3 is 2.91 bits per heavy atom. The van der Waals surface area contributed by atoms with E-state index >= 15 is 0 Å². The molecule has 0 atom stereocenters. The van der Waals surface area contributed by atoms with Gasteiger partial charge in [0.2, 0.25) is 0 Å². The number of ether oxygens (including phenoxy) is 1. The number of hydrogen-bond acceptors (Lipinski definition) is 3. The first-order chi connectivity index (χ1) is 4.84. The van der Waals surface area contributed by atoms with Crippen LogP contribution in [0.5, 0.6) is 0 Å². The monoisotopic (exact) mass is 172 g/mol. The van der Waals surface area contributed by atoms with E-state index in [1.54, 1.807) is 13.0 Å². The summed E-state index contributed by atoms with van der Waals surface area (Å²) in [7, 11) is 0. The maximum Gasteiger partial charge on any atom is 0.348 e. The first-order valence-electron chi connectivity index (χ1n) is 3.05. The van der Waals surface area contributed by atoms with Crippen molar-refractivity contribution in [1.29, 1.82) is 0 Å². The minimum absolute atomic E-state index is 0. The van der Waals surface area contributed by atoms with Crippen LogP contribution >= 0.6 is 11.3 Å².